The second-order valence-electron chi connectivity index (χ2n) is 6.36. The normalized spacial score (nSPS) is 29.4. The summed E-state index contributed by atoms with van der Waals surface area (Å²) >= 11 is 0. The fraction of sp³-hybridized carbons (Fsp3) is 0.812. The van der Waals surface area contributed by atoms with Crippen LogP contribution in [0.2, 0.25) is 0 Å². The Morgan fingerprint density at radius 2 is 2.10 bits per heavy atom. The number of nitrogens with zero attached hydrogens (tertiary/aromatic N) is 1. The second kappa shape index (κ2) is 6.17. The van der Waals surface area contributed by atoms with Crippen LogP contribution in [-0.2, 0) is 4.74 Å². The number of allylic oxidation sites excluding steroid dienone is 1. The molecule has 0 bridgehead atoms. The molecule has 0 spiro atoms. The third kappa shape index (κ3) is 3.00. The standard InChI is InChI=1S/C16H27NO3/c1-4-16(3,5-2)20-15(19)17-9-12-7-6-8-13(11-18)14(12)10-17/h6-7,12-14,18H,4-5,8-11H2,1-3H3/t12-,13+,14-/m1/s1. The molecule has 1 amide bonds. The Balaban J connectivity index is 1.98. The lowest BCUT2D eigenvalue weighted by Crippen LogP contribution is -2.38. The monoisotopic (exact) mass is 281 g/mol. The van der Waals surface area contributed by atoms with E-state index in [0.717, 1.165) is 25.8 Å². The van der Waals surface area contributed by atoms with Crippen LogP contribution in [0.25, 0.3) is 0 Å². The Morgan fingerprint density at radius 3 is 2.70 bits per heavy atom. The van der Waals surface area contributed by atoms with E-state index >= 15 is 0 Å². The van der Waals surface area contributed by atoms with Crippen LogP contribution in [0.15, 0.2) is 12.2 Å². The molecule has 0 radical (unpaired) electrons. The summed E-state index contributed by atoms with van der Waals surface area (Å²) in [5, 5.41) is 9.46. The van der Waals surface area contributed by atoms with Crippen molar-refractivity contribution in [3.63, 3.8) is 0 Å². The SMILES string of the molecule is CCC(C)(CC)OC(=O)N1C[C@H]2[C@H](CO)CC=C[C@@H]2C1. The molecule has 2 rings (SSSR count). The van der Waals surface area contributed by atoms with Gasteiger partial charge in [-0.2, -0.15) is 0 Å². The van der Waals surface area contributed by atoms with Gasteiger partial charge in [0.1, 0.15) is 5.60 Å². The molecule has 1 saturated heterocycles. The highest BCUT2D eigenvalue weighted by atomic mass is 16.6. The maximum absolute atomic E-state index is 12.3. The van der Waals surface area contributed by atoms with Gasteiger partial charge in [0.05, 0.1) is 0 Å². The molecular weight excluding hydrogens is 254 g/mol. The number of likely N-dealkylation sites (tertiary alicyclic amines) is 1. The summed E-state index contributed by atoms with van der Waals surface area (Å²) in [4.78, 5) is 14.2. The predicted molar refractivity (Wildman–Crippen MR) is 78.4 cm³/mol. The predicted octanol–water partition coefficient (Wildman–Crippen LogP) is 2.82. The van der Waals surface area contributed by atoms with E-state index in [1.54, 1.807) is 0 Å². The van der Waals surface area contributed by atoms with Crippen molar-refractivity contribution >= 4 is 6.09 Å². The minimum absolute atomic E-state index is 0.198. The van der Waals surface area contributed by atoms with E-state index < -0.39 is 0 Å². The molecule has 0 aromatic rings. The molecule has 4 heteroatoms. The number of rotatable bonds is 4. The summed E-state index contributed by atoms with van der Waals surface area (Å²) in [5.74, 6) is 1.04. The molecule has 2 aliphatic rings. The summed E-state index contributed by atoms with van der Waals surface area (Å²) in [6, 6.07) is 0. The van der Waals surface area contributed by atoms with E-state index in [4.69, 9.17) is 4.74 Å². The summed E-state index contributed by atoms with van der Waals surface area (Å²) < 4.78 is 5.70. The van der Waals surface area contributed by atoms with Crippen LogP contribution in [-0.4, -0.2) is 41.4 Å². The maximum Gasteiger partial charge on any atom is 0.410 e. The number of hydrogen-bond donors (Lipinski definition) is 1. The average Bonchev–Trinajstić information content (AvgIpc) is 2.91. The van der Waals surface area contributed by atoms with Crippen LogP contribution in [0.3, 0.4) is 0 Å². The summed E-state index contributed by atoms with van der Waals surface area (Å²) in [6.07, 6.45) is 6.71. The van der Waals surface area contributed by atoms with Crippen LogP contribution < -0.4 is 0 Å². The Kier molecular flexibility index (Phi) is 4.74. The van der Waals surface area contributed by atoms with Gasteiger partial charge in [-0.25, -0.2) is 4.79 Å². The van der Waals surface area contributed by atoms with Gasteiger partial charge in [-0.3, -0.25) is 0 Å². The highest BCUT2D eigenvalue weighted by Crippen LogP contribution is 2.37. The molecule has 0 aromatic heterocycles. The van der Waals surface area contributed by atoms with Gasteiger partial charge in [0, 0.05) is 19.7 Å². The van der Waals surface area contributed by atoms with E-state index in [-0.39, 0.29) is 24.2 Å². The van der Waals surface area contributed by atoms with Crippen molar-refractivity contribution in [3.8, 4) is 0 Å². The molecule has 1 N–H and O–H groups in total. The lowest BCUT2D eigenvalue weighted by Gasteiger charge is -2.30. The van der Waals surface area contributed by atoms with Crippen molar-refractivity contribution in [2.75, 3.05) is 19.7 Å². The highest BCUT2D eigenvalue weighted by Gasteiger charge is 2.41. The van der Waals surface area contributed by atoms with Crippen molar-refractivity contribution in [3.05, 3.63) is 12.2 Å². The van der Waals surface area contributed by atoms with Crippen LogP contribution in [0.5, 0.6) is 0 Å². The van der Waals surface area contributed by atoms with Gasteiger partial charge >= 0.3 is 6.09 Å². The summed E-state index contributed by atoms with van der Waals surface area (Å²) in [6.45, 7) is 7.72. The first-order chi connectivity index (χ1) is 9.53. The van der Waals surface area contributed by atoms with Crippen LogP contribution in [0.4, 0.5) is 4.79 Å². The van der Waals surface area contributed by atoms with E-state index in [2.05, 4.69) is 12.2 Å². The first-order valence-corrected chi connectivity index (χ1v) is 7.78. The highest BCUT2D eigenvalue weighted by molar-refractivity contribution is 5.68. The molecule has 1 aliphatic carbocycles. The Morgan fingerprint density at radius 1 is 1.40 bits per heavy atom. The van der Waals surface area contributed by atoms with Crippen molar-refractivity contribution in [2.45, 2.75) is 45.6 Å². The Labute approximate surface area is 121 Å². The number of carbonyl (C=O) groups is 1. The zero-order valence-electron chi connectivity index (χ0n) is 12.8. The first-order valence-electron chi connectivity index (χ1n) is 7.78. The van der Waals surface area contributed by atoms with Gasteiger partial charge in [0.25, 0.3) is 0 Å². The van der Waals surface area contributed by atoms with Crippen molar-refractivity contribution in [1.82, 2.24) is 4.90 Å². The number of fused-ring (bicyclic) bond motifs is 1. The summed E-state index contributed by atoms with van der Waals surface area (Å²) in [7, 11) is 0. The molecule has 4 nitrogen and oxygen atoms in total. The Bertz CT molecular complexity index is 376. The van der Waals surface area contributed by atoms with E-state index in [1.807, 2.05) is 25.7 Å². The number of amides is 1. The summed E-state index contributed by atoms with van der Waals surface area (Å²) in [5.41, 5.74) is -0.364. The zero-order valence-corrected chi connectivity index (χ0v) is 12.8. The lowest BCUT2D eigenvalue weighted by molar-refractivity contribution is -0.000714. The molecule has 0 saturated carbocycles. The molecule has 114 valence electrons. The third-order valence-electron chi connectivity index (χ3n) is 5.16. The number of ether oxygens (including phenoxy) is 1. The largest absolute Gasteiger partial charge is 0.443 e. The van der Waals surface area contributed by atoms with Crippen LogP contribution in [0.1, 0.15) is 40.0 Å². The van der Waals surface area contributed by atoms with Gasteiger partial charge in [-0.05, 0) is 43.9 Å². The van der Waals surface area contributed by atoms with E-state index in [0.29, 0.717) is 18.4 Å². The number of aliphatic hydroxyl groups excluding tert-OH is 1. The van der Waals surface area contributed by atoms with Gasteiger partial charge in [0.2, 0.25) is 0 Å². The maximum atomic E-state index is 12.3. The van der Waals surface area contributed by atoms with E-state index in [1.165, 1.54) is 0 Å². The lowest BCUT2D eigenvalue weighted by atomic mass is 9.78. The van der Waals surface area contributed by atoms with Crippen molar-refractivity contribution in [1.29, 1.82) is 0 Å². The molecular formula is C16H27NO3. The minimum atomic E-state index is -0.364. The Hall–Kier alpha value is -1.03. The quantitative estimate of drug-likeness (QED) is 0.806. The topological polar surface area (TPSA) is 49.8 Å². The molecule has 1 heterocycles. The number of hydrogen-bond acceptors (Lipinski definition) is 3. The number of aliphatic hydroxyl groups is 1. The van der Waals surface area contributed by atoms with Gasteiger partial charge in [0.15, 0.2) is 0 Å². The van der Waals surface area contributed by atoms with Crippen LogP contribution in [0, 0.1) is 17.8 Å². The fourth-order valence-corrected chi connectivity index (χ4v) is 3.19. The average molecular weight is 281 g/mol. The van der Waals surface area contributed by atoms with E-state index in [9.17, 15) is 9.90 Å². The minimum Gasteiger partial charge on any atom is -0.443 e. The van der Waals surface area contributed by atoms with Gasteiger partial charge < -0.3 is 14.7 Å². The number of carbonyl (C=O) groups excluding carboxylic acids is 1. The fourth-order valence-electron chi connectivity index (χ4n) is 3.19. The molecule has 1 fully saturated rings. The molecule has 3 atom stereocenters. The van der Waals surface area contributed by atoms with Crippen molar-refractivity contribution < 1.29 is 14.6 Å². The zero-order chi connectivity index (χ0) is 14.8. The van der Waals surface area contributed by atoms with Gasteiger partial charge in [-0.15, -0.1) is 0 Å². The molecule has 0 unspecified atom stereocenters. The molecule has 0 aromatic carbocycles. The smallest absolute Gasteiger partial charge is 0.410 e. The van der Waals surface area contributed by atoms with Gasteiger partial charge in [-0.1, -0.05) is 26.0 Å². The second-order valence-corrected chi connectivity index (χ2v) is 6.36. The molecule has 20 heavy (non-hydrogen) atoms. The van der Waals surface area contributed by atoms with Crippen LogP contribution >= 0.6 is 0 Å². The molecule has 1 aliphatic heterocycles. The van der Waals surface area contributed by atoms with Crippen molar-refractivity contribution in [2.24, 2.45) is 17.8 Å². The first kappa shape index (κ1) is 15.4. The third-order valence-corrected chi connectivity index (χ3v) is 5.16.